The van der Waals surface area contributed by atoms with E-state index >= 15 is 0 Å². The van der Waals surface area contributed by atoms with Gasteiger partial charge in [0, 0.05) is 17.1 Å². The van der Waals surface area contributed by atoms with Crippen molar-refractivity contribution in [2.75, 3.05) is 4.90 Å². The van der Waals surface area contributed by atoms with Crippen molar-refractivity contribution in [1.29, 1.82) is 0 Å². The topological polar surface area (TPSA) is 3.24 Å². The molecule has 0 unspecified atom stereocenters. The lowest BCUT2D eigenvalue weighted by molar-refractivity contribution is 1.28. The number of hydrogen-bond donors (Lipinski definition) is 0. The summed E-state index contributed by atoms with van der Waals surface area (Å²) in [6.45, 7) is 0. The number of rotatable bonds is 7. The maximum Gasteiger partial charge on any atom is 0.0645 e. The van der Waals surface area contributed by atoms with Crippen LogP contribution in [-0.4, -0.2) is 0 Å². The van der Waals surface area contributed by atoms with Crippen LogP contribution < -0.4 is 4.90 Å². The molecule has 0 radical (unpaired) electrons. The molecule has 9 aromatic carbocycles. The third kappa shape index (κ3) is 6.18. The fourth-order valence-electron chi connectivity index (χ4n) is 6.25. The highest BCUT2D eigenvalue weighted by molar-refractivity contribution is 5.90. The largest absolute Gasteiger partial charge is 0.310 e. The molecule has 1 nitrogen and oxygen atoms in total. The van der Waals surface area contributed by atoms with Crippen molar-refractivity contribution in [3.8, 4) is 44.5 Å². The highest BCUT2D eigenvalue weighted by Crippen LogP contribution is 2.39. The second-order valence-corrected chi connectivity index (χ2v) is 12.0. The molecule has 240 valence electrons. The van der Waals surface area contributed by atoms with Crippen molar-refractivity contribution < 1.29 is 17.8 Å². The second-order valence-electron chi connectivity index (χ2n) is 12.0. The zero-order chi connectivity index (χ0) is 45.3. The molecule has 0 heterocycles. The zero-order valence-electron chi connectivity index (χ0n) is 40.1. The summed E-state index contributed by atoms with van der Waals surface area (Å²) >= 11 is 0. The van der Waals surface area contributed by atoms with Gasteiger partial charge in [-0.3, -0.25) is 0 Å². The Morgan fingerprint density at radius 1 is 0.275 bits per heavy atom. The van der Waals surface area contributed by atoms with Crippen molar-refractivity contribution in [2.24, 2.45) is 0 Å². The molecule has 0 bridgehead atoms. The molecular weight excluding hydrogens is 615 g/mol. The van der Waals surface area contributed by atoms with Gasteiger partial charge in [0.15, 0.2) is 0 Å². The van der Waals surface area contributed by atoms with Crippen LogP contribution >= 0.6 is 0 Å². The van der Waals surface area contributed by atoms with Gasteiger partial charge in [-0.2, -0.15) is 0 Å². The Bertz CT molecular complexity index is 3300. The van der Waals surface area contributed by atoms with Gasteiger partial charge in [-0.05, 0) is 115 Å². The normalized spacial score (nSPS) is 14.7. The van der Waals surface area contributed by atoms with E-state index < -0.39 is 101 Å². The summed E-state index contributed by atoms with van der Waals surface area (Å²) in [6, 6.07) is 34.5. The molecule has 0 amide bonds. The van der Waals surface area contributed by atoms with Crippen molar-refractivity contribution in [3.63, 3.8) is 0 Å². The standard InChI is InChI=1S/C50H35N/c1-2-9-36(10-3-1)39-17-19-40(20-18-39)41-25-29-48(30-26-41)51(49-31-27-42(28-32-49)46-23-21-37-11-4-6-13-43(37)33-46)50-16-8-15-45(35-50)47-24-22-38-12-5-7-14-44(38)34-47/h1-35H/i1D,2D,3D,9D,10D,17D,18D,19D,20D,25D,26D,29D,30D. The van der Waals surface area contributed by atoms with E-state index in [1.165, 1.54) is 0 Å². The van der Waals surface area contributed by atoms with Crippen LogP contribution in [0.1, 0.15) is 17.8 Å². The van der Waals surface area contributed by atoms with E-state index in [4.69, 9.17) is 12.3 Å². The van der Waals surface area contributed by atoms with Gasteiger partial charge in [0.2, 0.25) is 0 Å². The molecule has 1 heteroatoms. The number of fused-ring (bicyclic) bond motifs is 2. The number of nitrogens with zero attached hydrogens (tertiary/aromatic N) is 1. The molecule has 0 atom stereocenters. The molecule has 0 spiro atoms. The third-order valence-corrected chi connectivity index (χ3v) is 8.86. The summed E-state index contributed by atoms with van der Waals surface area (Å²) in [5.41, 5.74) is 2.44. The van der Waals surface area contributed by atoms with Crippen LogP contribution in [0.2, 0.25) is 0 Å². The van der Waals surface area contributed by atoms with E-state index in [-0.39, 0.29) is 5.69 Å². The molecule has 0 aliphatic carbocycles. The fourth-order valence-corrected chi connectivity index (χ4v) is 6.25. The Hall–Kier alpha value is -6.70. The quantitative estimate of drug-likeness (QED) is 0.164. The van der Waals surface area contributed by atoms with Crippen LogP contribution in [-0.2, 0) is 0 Å². The number of benzene rings is 9. The molecule has 0 aliphatic rings. The van der Waals surface area contributed by atoms with Gasteiger partial charge < -0.3 is 4.90 Å². The van der Waals surface area contributed by atoms with Gasteiger partial charge in [0.1, 0.15) is 0 Å². The van der Waals surface area contributed by atoms with Crippen molar-refractivity contribution in [2.45, 2.75) is 0 Å². The van der Waals surface area contributed by atoms with Crippen LogP contribution in [0.4, 0.5) is 17.1 Å². The third-order valence-electron chi connectivity index (χ3n) is 8.86. The lowest BCUT2D eigenvalue weighted by Crippen LogP contribution is -2.10. The lowest BCUT2D eigenvalue weighted by Gasteiger charge is -2.26. The Labute approximate surface area is 317 Å². The second kappa shape index (κ2) is 13.3. The van der Waals surface area contributed by atoms with E-state index in [0.29, 0.717) is 11.4 Å². The monoisotopic (exact) mass is 662 g/mol. The first-order valence-corrected chi connectivity index (χ1v) is 16.4. The zero-order valence-corrected chi connectivity index (χ0v) is 27.1. The first-order chi connectivity index (χ1) is 30.7. The molecule has 0 saturated heterocycles. The lowest BCUT2D eigenvalue weighted by atomic mass is 9.99. The van der Waals surface area contributed by atoms with Gasteiger partial charge >= 0.3 is 0 Å². The van der Waals surface area contributed by atoms with E-state index in [0.717, 1.165) is 43.8 Å². The molecule has 0 aliphatic heterocycles. The minimum Gasteiger partial charge on any atom is -0.310 e. The van der Waals surface area contributed by atoms with E-state index in [1.807, 2.05) is 115 Å². The average molecular weight is 663 g/mol. The van der Waals surface area contributed by atoms with Crippen LogP contribution in [0, 0.1) is 0 Å². The summed E-state index contributed by atoms with van der Waals surface area (Å²) in [7, 11) is 0. The van der Waals surface area contributed by atoms with Gasteiger partial charge in [0.25, 0.3) is 0 Å². The average Bonchev–Trinajstić information content (AvgIpc) is 3.32. The first kappa shape index (κ1) is 19.5. The molecule has 9 aromatic rings. The van der Waals surface area contributed by atoms with Crippen LogP contribution in [0.5, 0.6) is 0 Å². The van der Waals surface area contributed by atoms with Crippen LogP contribution in [0.25, 0.3) is 66.1 Å². The van der Waals surface area contributed by atoms with Gasteiger partial charge in [-0.1, -0.05) is 164 Å². The maximum atomic E-state index is 9.50. The first-order valence-electron chi connectivity index (χ1n) is 22.9. The minimum absolute atomic E-state index is 0.126. The molecule has 0 saturated carbocycles. The number of anilines is 3. The van der Waals surface area contributed by atoms with Crippen LogP contribution in [0.15, 0.2) is 212 Å². The molecule has 51 heavy (non-hydrogen) atoms. The maximum absolute atomic E-state index is 9.50. The Morgan fingerprint density at radius 3 is 1.33 bits per heavy atom. The molecular formula is C50H35N. The summed E-state index contributed by atoms with van der Waals surface area (Å²) < 4.78 is 115. The Kier molecular flexibility index (Phi) is 5.08. The highest BCUT2D eigenvalue weighted by atomic mass is 15.1. The number of hydrogen-bond acceptors (Lipinski definition) is 1. The predicted molar refractivity (Wildman–Crippen MR) is 218 cm³/mol. The van der Waals surface area contributed by atoms with E-state index in [1.54, 1.807) is 4.90 Å². The summed E-state index contributed by atoms with van der Waals surface area (Å²) in [5.74, 6) is 0. The summed E-state index contributed by atoms with van der Waals surface area (Å²) in [4.78, 5) is 1.63. The van der Waals surface area contributed by atoms with Crippen molar-refractivity contribution >= 4 is 38.6 Å². The minimum atomic E-state index is -0.769. The smallest absolute Gasteiger partial charge is 0.0645 e. The Balaban J connectivity index is 1.23. The molecule has 0 aromatic heterocycles. The van der Waals surface area contributed by atoms with Crippen molar-refractivity contribution in [3.05, 3.63) is 212 Å². The Morgan fingerprint density at radius 2 is 0.745 bits per heavy atom. The molecule has 0 fully saturated rings. The molecule has 0 N–H and O–H groups in total. The predicted octanol–water partition coefficient (Wildman–Crippen LogP) is 14.1. The van der Waals surface area contributed by atoms with Gasteiger partial charge in [0.05, 0.1) is 17.8 Å². The summed E-state index contributed by atoms with van der Waals surface area (Å²) in [5, 5.41) is 4.29. The molecule has 9 rings (SSSR count). The highest BCUT2D eigenvalue weighted by Gasteiger charge is 2.15. The summed E-state index contributed by atoms with van der Waals surface area (Å²) in [6.07, 6.45) is 0. The fraction of sp³-hybridized carbons (Fsp3) is 0. The van der Waals surface area contributed by atoms with E-state index in [2.05, 4.69) is 18.2 Å². The SMILES string of the molecule is [2H]c1c([2H])c([2H])c(-c2c([2H])c([2H])c(-c3c([2H])c([2H])c(N(c4ccc(-c5ccc6ccccc6c5)cc4)c4cccc(-c5ccc6ccccc6c5)c4)c([2H])c3[2H])c([2H])c2[2H])c([2H])c1[2H]. The van der Waals surface area contributed by atoms with Gasteiger partial charge in [-0.15, -0.1) is 0 Å². The van der Waals surface area contributed by atoms with Crippen molar-refractivity contribution in [1.82, 2.24) is 0 Å². The van der Waals surface area contributed by atoms with E-state index in [9.17, 15) is 5.48 Å². The van der Waals surface area contributed by atoms with Crippen LogP contribution in [0.3, 0.4) is 0 Å². The van der Waals surface area contributed by atoms with Gasteiger partial charge in [-0.25, -0.2) is 0 Å².